The molecule has 0 bridgehead atoms. The number of benzene rings is 1. The summed E-state index contributed by atoms with van der Waals surface area (Å²) in [4.78, 5) is 0. The van der Waals surface area contributed by atoms with Crippen LogP contribution in [-0.4, -0.2) is 30.3 Å². The molecule has 0 spiro atoms. The van der Waals surface area contributed by atoms with E-state index in [4.69, 9.17) is 14.6 Å². The normalized spacial score (nSPS) is 10.1. The first-order chi connectivity index (χ1) is 7.88. The first kappa shape index (κ1) is 13.3. The van der Waals surface area contributed by atoms with Gasteiger partial charge in [0, 0.05) is 5.33 Å². The van der Waals surface area contributed by atoms with E-state index in [2.05, 4.69) is 15.9 Å². The molecule has 0 heterocycles. The molecule has 3 nitrogen and oxygen atoms in total. The molecular weight excluding hydrogens is 272 g/mol. The van der Waals surface area contributed by atoms with Crippen molar-refractivity contribution < 1.29 is 14.6 Å². The van der Waals surface area contributed by atoms with Crippen LogP contribution in [0.2, 0.25) is 0 Å². The molecule has 0 aliphatic heterocycles. The van der Waals surface area contributed by atoms with E-state index in [0.717, 1.165) is 23.9 Å². The van der Waals surface area contributed by atoms with E-state index in [0.29, 0.717) is 19.0 Å². The van der Waals surface area contributed by atoms with E-state index in [-0.39, 0.29) is 6.61 Å². The van der Waals surface area contributed by atoms with Gasteiger partial charge in [-0.15, -0.1) is 0 Å². The van der Waals surface area contributed by atoms with Crippen LogP contribution in [0.3, 0.4) is 0 Å². The van der Waals surface area contributed by atoms with Gasteiger partial charge in [-0.3, -0.25) is 0 Å². The highest BCUT2D eigenvalue weighted by Crippen LogP contribution is 2.26. The molecule has 16 heavy (non-hydrogen) atoms. The third-order valence-electron chi connectivity index (χ3n) is 1.98. The van der Waals surface area contributed by atoms with Gasteiger partial charge in [-0.05, 0) is 25.0 Å². The summed E-state index contributed by atoms with van der Waals surface area (Å²) in [6, 6.07) is 7.51. The fraction of sp³-hybridized carbons (Fsp3) is 0.500. The molecule has 0 aliphatic carbocycles. The molecule has 0 aromatic heterocycles. The molecule has 1 aromatic rings. The van der Waals surface area contributed by atoms with Gasteiger partial charge >= 0.3 is 0 Å². The second-order valence-electron chi connectivity index (χ2n) is 3.26. The summed E-state index contributed by atoms with van der Waals surface area (Å²) in [6.07, 6.45) is 2.11. The van der Waals surface area contributed by atoms with Crippen molar-refractivity contribution in [2.24, 2.45) is 0 Å². The van der Waals surface area contributed by atoms with Crippen molar-refractivity contribution >= 4 is 15.9 Å². The van der Waals surface area contributed by atoms with Crippen LogP contribution >= 0.6 is 15.9 Å². The molecule has 1 rings (SSSR count). The molecule has 0 atom stereocenters. The molecule has 0 saturated carbocycles. The van der Waals surface area contributed by atoms with Gasteiger partial charge in [0.2, 0.25) is 0 Å². The van der Waals surface area contributed by atoms with Gasteiger partial charge in [0.15, 0.2) is 11.5 Å². The molecule has 0 aliphatic rings. The summed E-state index contributed by atoms with van der Waals surface area (Å²) in [5.74, 6) is 1.43. The quantitative estimate of drug-likeness (QED) is 0.590. The third kappa shape index (κ3) is 4.86. The SMILES string of the molecule is OCCOc1ccccc1OCCCCBr. The van der Waals surface area contributed by atoms with Gasteiger partial charge in [0.25, 0.3) is 0 Å². The molecule has 0 amide bonds. The van der Waals surface area contributed by atoms with Crippen molar-refractivity contribution in [1.29, 1.82) is 0 Å². The Morgan fingerprint density at radius 2 is 1.62 bits per heavy atom. The smallest absolute Gasteiger partial charge is 0.161 e. The molecule has 4 heteroatoms. The highest BCUT2D eigenvalue weighted by atomic mass is 79.9. The van der Waals surface area contributed by atoms with Crippen molar-refractivity contribution in [3.05, 3.63) is 24.3 Å². The molecule has 90 valence electrons. The Balaban J connectivity index is 2.43. The fourth-order valence-corrected chi connectivity index (χ4v) is 1.62. The fourth-order valence-electron chi connectivity index (χ4n) is 1.22. The maximum atomic E-state index is 8.69. The number of alkyl halides is 1. The summed E-state index contributed by atoms with van der Waals surface area (Å²) in [6.45, 7) is 0.991. The Kier molecular flexibility index (Phi) is 7.01. The highest BCUT2D eigenvalue weighted by Gasteiger charge is 2.03. The number of halogens is 1. The molecule has 1 N–H and O–H groups in total. The number of hydrogen-bond donors (Lipinski definition) is 1. The minimum absolute atomic E-state index is 0.0118. The Bertz CT molecular complexity index is 291. The molecule has 0 unspecified atom stereocenters. The lowest BCUT2D eigenvalue weighted by Crippen LogP contribution is -2.04. The van der Waals surface area contributed by atoms with E-state index in [1.807, 2.05) is 24.3 Å². The number of para-hydroxylation sites is 2. The average molecular weight is 289 g/mol. The van der Waals surface area contributed by atoms with E-state index in [9.17, 15) is 0 Å². The highest BCUT2D eigenvalue weighted by molar-refractivity contribution is 9.09. The van der Waals surface area contributed by atoms with Gasteiger partial charge in [-0.25, -0.2) is 0 Å². The molecule has 0 saturated heterocycles. The van der Waals surface area contributed by atoms with Crippen LogP contribution in [0.5, 0.6) is 11.5 Å². The number of hydrogen-bond acceptors (Lipinski definition) is 3. The van der Waals surface area contributed by atoms with Crippen molar-refractivity contribution in [1.82, 2.24) is 0 Å². The average Bonchev–Trinajstić information content (AvgIpc) is 2.33. The molecule has 0 radical (unpaired) electrons. The number of rotatable bonds is 8. The zero-order chi connectivity index (χ0) is 11.6. The van der Waals surface area contributed by atoms with Crippen molar-refractivity contribution in [2.45, 2.75) is 12.8 Å². The van der Waals surface area contributed by atoms with E-state index in [1.54, 1.807) is 0 Å². The van der Waals surface area contributed by atoms with Crippen LogP contribution in [-0.2, 0) is 0 Å². The van der Waals surface area contributed by atoms with Crippen LogP contribution in [0.15, 0.2) is 24.3 Å². The van der Waals surface area contributed by atoms with E-state index < -0.39 is 0 Å². The first-order valence-corrected chi connectivity index (χ1v) is 6.52. The van der Waals surface area contributed by atoms with Gasteiger partial charge in [0.05, 0.1) is 13.2 Å². The lowest BCUT2D eigenvalue weighted by atomic mass is 10.3. The Labute approximate surface area is 105 Å². The summed E-state index contributed by atoms with van der Waals surface area (Å²) in [5.41, 5.74) is 0. The summed E-state index contributed by atoms with van der Waals surface area (Å²) < 4.78 is 11.0. The monoisotopic (exact) mass is 288 g/mol. The van der Waals surface area contributed by atoms with Gasteiger partial charge in [-0.1, -0.05) is 28.1 Å². The zero-order valence-electron chi connectivity index (χ0n) is 9.19. The second kappa shape index (κ2) is 8.42. The Morgan fingerprint density at radius 1 is 1.00 bits per heavy atom. The number of unbranched alkanes of at least 4 members (excludes halogenated alkanes) is 1. The van der Waals surface area contributed by atoms with Crippen molar-refractivity contribution in [3.63, 3.8) is 0 Å². The topological polar surface area (TPSA) is 38.7 Å². The van der Waals surface area contributed by atoms with Crippen LogP contribution in [0, 0.1) is 0 Å². The standard InChI is InChI=1S/C12H17BrO3/c13-7-3-4-9-15-11-5-1-2-6-12(11)16-10-8-14/h1-2,5-6,14H,3-4,7-10H2. The Morgan fingerprint density at radius 3 is 2.19 bits per heavy atom. The van der Waals surface area contributed by atoms with Crippen molar-refractivity contribution in [2.75, 3.05) is 25.2 Å². The number of aliphatic hydroxyl groups is 1. The second-order valence-corrected chi connectivity index (χ2v) is 4.06. The minimum Gasteiger partial charge on any atom is -0.490 e. The lowest BCUT2D eigenvalue weighted by molar-refractivity contribution is 0.193. The maximum absolute atomic E-state index is 8.69. The third-order valence-corrected chi connectivity index (χ3v) is 2.54. The largest absolute Gasteiger partial charge is 0.490 e. The number of aliphatic hydroxyl groups excluding tert-OH is 1. The van der Waals surface area contributed by atoms with Crippen LogP contribution in [0.1, 0.15) is 12.8 Å². The summed E-state index contributed by atoms with van der Waals surface area (Å²) in [5, 5.41) is 9.69. The van der Waals surface area contributed by atoms with Gasteiger partial charge in [0.1, 0.15) is 6.61 Å². The number of ether oxygens (including phenoxy) is 2. The summed E-state index contributed by atoms with van der Waals surface area (Å²) in [7, 11) is 0. The molecular formula is C12H17BrO3. The van der Waals surface area contributed by atoms with Crippen LogP contribution < -0.4 is 9.47 Å². The molecule has 0 fully saturated rings. The van der Waals surface area contributed by atoms with Crippen LogP contribution in [0.25, 0.3) is 0 Å². The Hall–Kier alpha value is -0.740. The van der Waals surface area contributed by atoms with Gasteiger partial charge < -0.3 is 14.6 Å². The van der Waals surface area contributed by atoms with Crippen LogP contribution in [0.4, 0.5) is 0 Å². The van der Waals surface area contributed by atoms with E-state index in [1.165, 1.54) is 0 Å². The predicted molar refractivity (Wildman–Crippen MR) is 67.5 cm³/mol. The van der Waals surface area contributed by atoms with Crippen molar-refractivity contribution in [3.8, 4) is 11.5 Å². The first-order valence-electron chi connectivity index (χ1n) is 5.40. The van der Waals surface area contributed by atoms with E-state index >= 15 is 0 Å². The lowest BCUT2D eigenvalue weighted by Gasteiger charge is -2.11. The molecule has 1 aromatic carbocycles. The predicted octanol–water partition coefficient (Wildman–Crippen LogP) is 2.61. The summed E-state index contributed by atoms with van der Waals surface area (Å²) >= 11 is 3.38. The zero-order valence-corrected chi connectivity index (χ0v) is 10.8. The minimum atomic E-state index is 0.0118. The van der Waals surface area contributed by atoms with Gasteiger partial charge in [-0.2, -0.15) is 0 Å². The maximum Gasteiger partial charge on any atom is 0.161 e.